The Morgan fingerprint density at radius 1 is 1.04 bits per heavy atom. The molecule has 1 atom stereocenters. The molecule has 126 valence electrons. The van der Waals surface area contributed by atoms with Crippen molar-refractivity contribution in [2.75, 3.05) is 14.2 Å². The molecule has 1 N–H and O–H groups in total. The molecule has 0 bridgehead atoms. The van der Waals surface area contributed by atoms with Crippen molar-refractivity contribution in [3.8, 4) is 11.5 Å². The van der Waals surface area contributed by atoms with Crippen molar-refractivity contribution in [1.29, 1.82) is 0 Å². The lowest BCUT2D eigenvalue weighted by Gasteiger charge is -2.24. The first-order valence-corrected chi connectivity index (χ1v) is 8.46. The van der Waals surface area contributed by atoms with Gasteiger partial charge in [0.25, 0.3) is 0 Å². The first-order chi connectivity index (χ1) is 11.2. The summed E-state index contributed by atoms with van der Waals surface area (Å²) < 4.78 is 16.2. The number of cyclic esters (lactones) is 1. The number of rotatable bonds is 4. The summed E-state index contributed by atoms with van der Waals surface area (Å²) in [4.78, 5) is 12.3. The molecular formula is C18H25NO4. The van der Waals surface area contributed by atoms with E-state index < -0.39 is 0 Å². The van der Waals surface area contributed by atoms with Crippen molar-refractivity contribution in [2.24, 2.45) is 0 Å². The maximum Gasteiger partial charge on any atom is 0.344 e. The molecule has 1 saturated carbocycles. The average molecular weight is 319 g/mol. The monoisotopic (exact) mass is 319 g/mol. The van der Waals surface area contributed by atoms with E-state index in [1.54, 1.807) is 14.2 Å². The molecular weight excluding hydrogens is 294 g/mol. The van der Waals surface area contributed by atoms with Gasteiger partial charge in [-0.25, -0.2) is 4.79 Å². The maximum absolute atomic E-state index is 12.3. The fourth-order valence-electron chi connectivity index (χ4n) is 3.56. The molecule has 0 saturated heterocycles. The van der Waals surface area contributed by atoms with Crippen LogP contribution in [0, 0.1) is 0 Å². The molecule has 0 spiro atoms. The van der Waals surface area contributed by atoms with E-state index in [0.29, 0.717) is 23.1 Å². The second kappa shape index (κ2) is 7.21. The number of esters is 1. The van der Waals surface area contributed by atoms with Crippen LogP contribution in [0.2, 0.25) is 0 Å². The summed E-state index contributed by atoms with van der Waals surface area (Å²) in [6.07, 6.45) is 8.28. The van der Waals surface area contributed by atoms with Crippen LogP contribution in [0.3, 0.4) is 0 Å². The van der Waals surface area contributed by atoms with E-state index >= 15 is 0 Å². The number of carbonyl (C=O) groups excluding carboxylic acids is 1. The van der Waals surface area contributed by atoms with Gasteiger partial charge in [-0.2, -0.15) is 0 Å². The largest absolute Gasteiger partial charge is 0.493 e. The zero-order chi connectivity index (χ0) is 16.2. The fraction of sp³-hybridized carbons (Fsp3) is 0.611. The van der Waals surface area contributed by atoms with E-state index in [1.165, 1.54) is 32.1 Å². The quantitative estimate of drug-likeness (QED) is 0.860. The van der Waals surface area contributed by atoms with Crippen molar-refractivity contribution in [1.82, 2.24) is 5.32 Å². The summed E-state index contributed by atoms with van der Waals surface area (Å²) in [5.74, 6) is 0.658. The third kappa shape index (κ3) is 3.29. The van der Waals surface area contributed by atoms with E-state index in [0.717, 1.165) is 18.4 Å². The van der Waals surface area contributed by atoms with Gasteiger partial charge in [0.1, 0.15) is 5.56 Å². The summed E-state index contributed by atoms with van der Waals surface area (Å²) in [5, 5.41) is 3.52. The number of ether oxygens (including phenoxy) is 3. The van der Waals surface area contributed by atoms with Gasteiger partial charge in [0.05, 0.1) is 14.2 Å². The standard InChI is InChI=1S/C18H25NO4/c1-21-14-11-10-13-15(16(14)22-2)18(20)23-17(13)19-12-8-6-4-3-5-7-9-12/h10-12,17,19H,3-9H2,1-2H3/t17-/m0/s1. The Bertz CT molecular complexity index is 564. The Morgan fingerprint density at radius 3 is 2.39 bits per heavy atom. The van der Waals surface area contributed by atoms with Crippen LogP contribution in [0.5, 0.6) is 11.5 Å². The minimum absolute atomic E-state index is 0.348. The van der Waals surface area contributed by atoms with Crippen molar-refractivity contribution in [3.63, 3.8) is 0 Å². The minimum atomic E-state index is -0.387. The molecule has 5 nitrogen and oxygen atoms in total. The van der Waals surface area contributed by atoms with Crippen LogP contribution < -0.4 is 14.8 Å². The fourth-order valence-corrected chi connectivity index (χ4v) is 3.56. The van der Waals surface area contributed by atoms with Crippen LogP contribution in [0.25, 0.3) is 0 Å². The van der Waals surface area contributed by atoms with Crippen molar-refractivity contribution in [3.05, 3.63) is 23.3 Å². The lowest BCUT2D eigenvalue weighted by atomic mass is 9.96. The molecule has 0 radical (unpaired) electrons. The molecule has 5 heteroatoms. The number of hydrogen-bond donors (Lipinski definition) is 1. The zero-order valence-electron chi connectivity index (χ0n) is 13.9. The molecule has 1 fully saturated rings. The van der Waals surface area contributed by atoms with Gasteiger partial charge in [-0.05, 0) is 25.0 Å². The molecule has 0 aromatic heterocycles. The van der Waals surface area contributed by atoms with Crippen LogP contribution >= 0.6 is 0 Å². The van der Waals surface area contributed by atoms with Crippen LogP contribution in [0.15, 0.2) is 12.1 Å². The van der Waals surface area contributed by atoms with Crippen molar-refractivity contribution >= 4 is 5.97 Å². The van der Waals surface area contributed by atoms with E-state index in [4.69, 9.17) is 14.2 Å². The maximum atomic E-state index is 12.3. The predicted octanol–water partition coefficient (Wildman–Crippen LogP) is 3.58. The van der Waals surface area contributed by atoms with Gasteiger partial charge in [0.15, 0.2) is 17.7 Å². The number of fused-ring (bicyclic) bond motifs is 1. The first-order valence-electron chi connectivity index (χ1n) is 8.46. The van der Waals surface area contributed by atoms with Crippen molar-refractivity contribution in [2.45, 2.75) is 57.2 Å². The van der Waals surface area contributed by atoms with Gasteiger partial charge in [-0.15, -0.1) is 0 Å². The van der Waals surface area contributed by atoms with Gasteiger partial charge in [-0.3, -0.25) is 5.32 Å². The molecule has 1 aliphatic heterocycles. The summed E-state index contributed by atoms with van der Waals surface area (Å²) in [6, 6.07) is 4.11. The van der Waals surface area contributed by atoms with E-state index in [2.05, 4.69) is 5.32 Å². The average Bonchev–Trinajstić information content (AvgIpc) is 2.85. The Balaban J connectivity index is 1.81. The Kier molecular flexibility index (Phi) is 5.06. The summed E-state index contributed by atoms with van der Waals surface area (Å²) >= 11 is 0. The Labute approximate surface area is 137 Å². The molecule has 3 rings (SSSR count). The van der Waals surface area contributed by atoms with Gasteiger partial charge in [-0.1, -0.05) is 32.1 Å². The highest BCUT2D eigenvalue weighted by atomic mass is 16.6. The second-order valence-electron chi connectivity index (χ2n) is 6.26. The highest BCUT2D eigenvalue weighted by Gasteiger charge is 2.36. The smallest absolute Gasteiger partial charge is 0.344 e. The lowest BCUT2D eigenvalue weighted by molar-refractivity contribution is 0.0265. The molecule has 0 amide bonds. The Hall–Kier alpha value is -1.75. The highest BCUT2D eigenvalue weighted by Crippen LogP contribution is 2.41. The molecule has 2 aliphatic rings. The molecule has 1 aromatic carbocycles. The summed E-state index contributed by atoms with van der Waals surface area (Å²) in [6.45, 7) is 0. The number of nitrogens with one attached hydrogen (secondary N) is 1. The summed E-state index contributed by atoms with van der Waals surface area (Å²) in [5.41, 5.74) is 1.32. The Morgan fingerprint density at radius 2 is 1.74 bits per heavy atom. The van der Waals surface area contributed by atoms with Gasteiger partial charge < -0.3 is 14.2 Å². The normalized spacial score (nSPS) is 22.0. The summed E-state index contributed by atoms with van der Waals surface area (Å²) in [7, 11) is 3.11. The second-order valence-corrected chi connectivity index (χ2v) is 6.26. The highest BCUT2D eigenvalue weighted by molar-refractivity contribution is 5.98. The number of methoxy groups -OCH3 is 2. The molecule has 1 heterocycles. The van der Waals surface area contributed by atoms with Crippen LogP contribution in [0.4, 0.5) is 0 Å². The molecule has 0 unspecified atom stereocenters. The van der Waals surface area contributed by atoms with E-state index in [-0.39, 0.29) is 12.2 Å². The van der Waals surface area contributed by atoms with Crippen LogP contribution in [-0.4, -0.2) is 26.2 Å². The van der Waals surface area contributed by atoms with Crippen LogP contribution in [-0.2, 0) is 4.74 Å². The number of benzene rings is 1. The van der Waals surface area contributed by atoms with Gasteiger partial charge >= 0.3 is 5.97 Å². The van der Waals surface area contributed by atoms with Crippen LogP contribution in [0.1, 0.15) is 67.1 Å². The topological polar surface area (TPSA) is 56.8 Å². The van der Waals surface area contributed by atoms with Gasteiger partial charge in [0, 0.05) is 11.6 Å². The van der Waals surface area contributed by atoms with Crippen molar-refractivity contribution < 1.29 is 19.0 Å². The minimum Gasteiger partial charge on any atom is -0.493 e. The van der Waals surface area contributed by atoms with Gasteiger partial charge in [0.2, 0.25) is 0 Å². The molecule has 1 aliphatic carbocycles. The van der Waals surface area contributed by atoms with E-state index in [9.17, 15) is 4.79 Å². The third-order valence-electron chi connectivity index (χ3n) is 4.78. The number of carbonyl (C=O) groups is 1. The molecule has 23 heavy (non-hydrogen) atoms. The van der Waals surface area contributed by atoms with E-state index in [1.807, 2.05) is 12.1 Å². The number of hydrogen-bond acceptors (Lipinski definition) is 5. The predicted molar refractivity (Wildman–Crippen MR) is 86.9 cm³/mol. The lowest BCUT2D eigenvalue weighted by Crippen LogP contribution is -2.33. The molecule has 1 aromatic rings. The first kappa shape index (κ1) is 16.1. The zero-order valence-corrected chi connectivity index (χ0v) is 13.9. The SMILES string of the molecule is COc1ccc2c(c1OC)C(=O)O[C@@H]2NC1CCCCCCC1. The third-order valence-corrected chi connectivity index (χ3v) is 4.78.